The minimum atomic E-state index is 0.544. The lowest BCUT2D eigenvalue weighted by Crippen LogP contribution is -1.90. The molecule has 1 aromatic heterocycles. The number of aryl methyl sites for hydroxylation is 1. The Morgan fingerprint density at radius 1 is 1.11 bits per heavy atom. The Kier molecular flexibility index (Phi) is 2.60. The van der Waals surface area contributed by atoms with Gasteiger partial charge in [0, 0.05) is 28.0 Å². The number of hydrogen-bond donors (Lipinski definition) is 1. The summed E-state index contributed by atoms with van der Waals surface area (Å²) in [5.74, 6) is 1.46. The fourth-order valence-corrected chi connectivity index (χ4v) is 2.35. The minimum absolute atomic E-state index is 0.544. The summed E-state index contributed by atoms with van der Waals surface area (Å²) in [5, 5.41) is 2.50. The summed E-state index contributed by atoms with van der Waals surface area (Å²) in [7, 11) is 0. The van der Waals surface area contributed by atoms with Crippen LogP contribution in [-0.2, 0) is 0 Å². The quantitative estimate of drug-likeness (QED) is 0.715. The molecule has 1 heterocycles. The zero-order valence-corrected chi connectivity index (χ0v) is 10.6. The molecule has 0 amide bonds. The molecule has 0 aliphatic rings. The van der Waals surface area contributed by atoms with Crippen LogP contribution in [0, 0.1) is 6.92 Å². The molecule has 0 bridgehead atoms. The summed E-state index contributed by atoms with van der Waals surface area (Å²) in [6.45, 7) is 1.84. The molecule has 90 valence electrons. The topological polar surface area (TPSA) is 61.0 Å². The molecule has 0 spiro atoms. The van der Waals surface area contributed by atoms with Gasteiger partial charge in [0.1, 0.15) is 11.6 Å². The maximum atomic E-state index is 5.94. The van der Waals surface area contributed by atoms with E-state index in [4.69, 9.17) is 10.5 Å². The number of nitrogens with zero attached hydrogens (tertiary/aromatic N) is 2. The van der Waals surface area contributed by atoms with Crippen LogP contribution in [0.3, 0.4) is 0 Å². The lowest BCUT2D eigenvalue weighted by atomic mass is 10.1. The Labute approximate surface area is 108 Å². The first-order valence-electron chi connectivity index (χ1n) is 5.49. The highest BCUT2D eigenvalue weighted by Gasteiger charge is 2.08. The number of hydrogen-bond acceptors (Lipinski definition) is 5. The minimum Gasteiger partial charge on any atom is -0.429 e. The second-order valence-electron chi connectivity index (χ2n) is 3.91. The van der Waals surface area contributed by atoms with Crippen LogP contribution in [0.2, 0.25) is 0 Å². The van der Waals surface area contributed by atoms with Gasteiger partial charge in [0.2, 0.25) is 0 Å². The summed E-state index contributed by atoms with van der Waals surface area (Å²) in [6, 6.07) is 11.6. The third-order valence-electron chi connectivity index (χ3n) is 2.62. The van der Waals surface area contributed by atoms with Crippen molar-refractivity contribution < 1.29 is 4.74 Å². The third-order valence-corrected chi connectivity index (χ3v) is 3.31. The van der Waals surface area contributed by atoms with Crippen molar-refractivity contribution in [1.82, 2.24) is 9.36 Å². The Balaban J connectivity index is 2.09. The average Bonchev–Trinajstić information content (AvgIpc) is 2.79. The highest BCUT2D eigenvalue weighted by atomic mass is 32.1. The molecule has 3 aromatic rings. The summed E-state index contributed by atoms with van der Waals surface area (Å²) in [5.41, 5.74) is 6.68. The number of fused-ring (bicyclic) bond motifs is 1. The fourth-order valence-electron chi connectivity index (χ4n) is 1.80. The zero-order valence-electron chi connectivity index (χ0n) is 9.75. The highest BCUT2D eigenvalue weighted by molar-refractivity contribution is 7.07. The molecule has 3 rings (SSSR count). The van der Waals surface area contributed by atoms with Crippen molar-refractivity contribution in [2.75, 3.05) is 5.73 Å². The van der Waals surface area contributed by atoms with E-state index in [1.165, 1.54) is 11.5 Å². The molecule has 0 atom stereocenters. The van der Waals surface area contributed by atoms with E-state index in [1.54, 1.807) is 0 Å². The van der Waals surface area contributed by atoms with Crippen LogP contribution in [0.25, 0.3) is 10.8 Å². The van der Waals surface area contributed by atoms with Gasteiger partial charge in [-0.3, -0.25) is 0 Å². The molecular weight excluding hydrogens is 246 g/mol. The molecule has 0 aliphatic heterocycles. The van der Waals surface area contributed by atoms with Gasteiger partial charge in [0.25, 0.3) is 5.19 Å². The van der Waals surface area contributed by atoms with Crippen LogP contribution in [0.5, 0.6) is 10.9 Å². The Bertz CT molecular complexity index is 708. The number of nitrogen functional groups attached to an aromatic ring is 1. The number of aromatic nitrogens is 2. The van der Waals surface area contributed by atoms with Gasteiger partial charge in [0.15, 0.2) is 0 Å². The highest BCUT2D eigenvalue weighted by Crippen LogP contribution is 2.33. The number of anilines is 1. The predicted molar refractivity (Wildman–Crippen MR) is 73.1 cm³/mol. The van der Waals surface area contributed by atoms with Gasteiger partial charge in [-0.15, -0.1) is 0 Å². The largest absolute Gasteiger partial charge is 0.429 e. The van der Waals surface area contributed by atoms with Crippen LogP contribution in [-0.4, -0.2) is 9.36 Å². The number of ether oxygens (including phenoxy) is 1. The van der Waals surface area contributed by atoms with Crippen molar-refractivity contribution in [3.05, 3.63) is 42.2 Å². The lowest BCUT2D eigenvalue weighted by molar-refractivity contribution is 0.483. The molecular formula is C13H11N3OS. The van der Waals surface area contributed by atoms with Crippen LogP contribution in [0.1, 0.15) is 5.82 Å². The number of rotatable bonds is 2. The van der Waals surface area contributed by atoms with Crippen molar-refractivity contribution in [1.29, 1.82) is 0 Å². The van der Waals surface area contributed by atoms with Crippen LogP contribution in [0.15, 0.2) is 36.4 Å². The summed E-state index contributed by atoms with van der Waals surface area (Å²) < 4.78 is 9.85. The molecule has 0 aliphatic carbocycles. The van der Waals surface area contributed by atoms with Gasteiger partial charge in [-0.1, -0.05) is 24.3 Å². The van der Waals surface area contributed by atoms with Crippen molar-refractivity contribution in [3.8, 4) is 10.9 Å². The van der Waals surface area contributed by atoms with Gasteiger partial charge in [-0.25, -0.2) is 0 Å². The second-order valence-corrected chi connectivity index (χ2v) is 4.62. The normalized spacial score (nSPS) is 10.7. The molecule has 2 N–H and O–H groups in total. The molecule has 18 heavy (non-hydrogen) atoms. The molecule has 0 saturated heterocycles. The van der Waals surface area contributed by atoms with Gasteiger partial charge in [0.05, 0.1) is 0 Å². The number of benzene rings is 2. The SMILES string of the molecule is Cc1nsc(Oc2ccc(N)c3ccccc23)n1. The molecule has 0 saturated carbocycles. The lowest BCUT2D eigenvalue weighted by Gasteiger charge is -2.07. The third kappa shape index (κ3) is 1.89. The molecule has 0 fully saturated rings. The first kappa shape index (κ1) is 11.0. The van der Waals surface area contributed by atoms with Gasteiger partial charge >= 0.3 is 0 Å². The fraction of sp³-hybridized carbons (Fsp3) is 0.0769. The van der Waals surface area contributed by atoms with E-state index in [-0.39, 0.29) is 0 Å². The van der Waals surface area contributed by atoms with Crippen molar-refractivity contribution in [2.24, 2.45) is 0 Å². The summed E-state index contributed by atoms with van der Waals surface area (Å²) >= 11 is 1.24. The molecule has 2 aromatic carbocycles. The Morgan fingerprint density at radius 2 is 1.89 bits per heavy atom. The van der Waals surface area contributed by atoms with E-state index < -0.39 is 0 Å². The monoisotopic (exact) mass is 257 g/mol. The maximum absolute atomic E-state index is 5.94. The van der Waals surface area contributed by atoms with Gasteiger partial charge in [-0.2, -0.15) is 9.36 Å². The van der Waals surface area contributed by atoms with Crippen LogP contribution >= 0.6 is 11.5 Å². The van der Waals surface area contributed by atoms with Crippen molar-refractivity contribution in [3.63, 3.8) is 0 Å². The number of nitrogens with two attached hydrogens (primary N) is 1. The predicted octanol–water partition coefficient (Wildman–Crippen LogP) is 3.37. The molecule has 0 unspecified atom stereocenters. The molecule has 5 heteroatoms. The zero-order chi connectivity index (χ0) is 12.5. The van der Waals surface area contributed by atoms with E-state index in [0.29, 0.717) is 5.19 Å². The van der Waals surface area contributed by atoms with Gasteiger partial charge in [-0.05, 0) is 19.1 Å². The summed E-state index contributed by atoms with van der Waals surface area (Å²) in [6.07, 6.45) is 0. The van der Waals surface area contributed by atoms with Crippen molar-refractivity contribution >= 4 is 28.0 Å². The molecule has 0 radical (unpaired) electrons. The van der Waals surface area contributed by atoms with Gasteiger partial charge < -0.3 is 10.5 Å². The Hall–Kier alpha value is -2.14. The summed E-state index contributed by atoms with van der Waals surface area (Å²) in [4.78, 5) is 4.19. The Morgan fingerprint density at radius 3 is 2.61 bits per heavy atom. The van der Waals surface area contributed by atoms with E-state index >= 15 is 0 Å². The first-order chi connectivity index (χ1) is 8.74. The maximum Gasteiger partial charge on any atom is 0.298 e. The van der Waals surface area contributed by atoms with E-state index in [2.05, 4.69) is 9.36 Å². The van der Waals surface area contributed by atoms with E-state index in [1.807, 2.05) is 43.3 Å². The second kappa shape index (κ2) is 4.27. The van der Waals surface area contributed by atoms with Crippen LogP contribution < -0.4 is 10.5 Å². The van der Waals surface area contributed by atoms with E-state index in [9.17, 15) is 0 Å². The average molecular weight is 257 g/mol. The van der Waals surface area contributed by atoms with Crippen molar-refractivity contribution in [2.45, 2.75) is 6.92 Å². The molecule has 4 nitrogen and oxygen atoms in total. The smallest absolute Gasteiger partial charge is 0.298 e. The van der Waals surface area contributed by atoms with E-state index in [0.717, 1.165) is 28.0 Å². The standard InChI is InChI=1S/C13H11N3OS/c1-8-15-13(18-16-8)17-12-7-6-11(14)9-4-2-3-5-10(9)12/h2-7H,14H2,1H3. The van der Waals surface area contributed by atoms with Crippen LogP contribution in [0.4, 0.5) is 5.69 Å². The first-order valence-corrected chi connectivity index (χ1v) is 6.27.